The third-order valence-electron chi connectivity index (χ3n) is 9.44. The van der Waals surface area contributed by atoms with E-state index in [9.17, 15) is 14.4 Å². The molecule has 3 aromatic carbocycles. The second-order valence-electron chi connectivity index (χ2n) is 15.0. The number of nitrogens with zero attached hydrogens (tertiary/aromatic N) is 2. The molecule has 0 bridgehead atoms. The smallest absolute Gasteiger partial charge is 0.302 e. The van der Waals surface area contributed by atoms with Gasteiger partial charge in [0, 0.05) is 61.2 Å². The molecular weight excluding hydrogens is 729 g/mol. The molecular formula is C42H55Cl2N3O7. The van der Waals surface area contributed by atoms with Gasteiger partial charge in [0.2, 0.25) is 5.91 Å². The number of carbonyl (C=O) groups is 3. The maximum atomic E-state index is 14.5. The Balaban J connectivity index is 0.00000650. The maximum Gasteiger partial charge on any atom is 0.302 e. The highest BCUT2D eigenvalue weighted by atomic mass is 35.5. The molecule has 294 valence electrons. The van der Waals surface area contributed by atoms with Crippen molar-refractivity contribution in [3.05, 3.63) is 88.4 Å². The quantitative estimate of drug-likeness (QED) is 0.124. The molecule has 5 rings (SSSR count). The number of methoxy groups -OCH3 is 1. The van der Waals surface area contributed by atoms with Gasteiger partial charge in [0.15, 0.2) is 11.5 Å². The number of hydrogen-bond acceptors (Lipinski definition) is 8. The molecule has 0 aromatic heterocycles. The van der Waals surface area contributed by atoms with E-state index in [1.54, 1.807) is 23.0 Å². The summed E-state index contributed by atoms with van der Waals surface area (Å²) in [7, 11) is 1.59. The zero-order chi connectivity index (χ0) is 38.0. The van der Waals surface area contributed by atoms with Crippen LogP contribution in [0.3, 0.4) is 0 Å². The third-order valence-corrected chi connectivity index (χ3v) is 9.67. The highest BCUT2D eigenvalue weighted by molar-refractivity contribution is 6.30. The molecule has 0 spiro atoms. The van der Waals surface area contributed by atoms with Gasteiger partial charge >= 0.3 is 5.97 Å². The Labute approximate surface area is 331 Å². The van der Waals surface area contributed by atoms with Gasteiger partial charge in [-0.05, 0) is 67.6 Å². The molecule has 1 fully saturated rings. The van der Waals surface area contributed by atoms with E-state index < -0.39 is 12.2 Å². The Morgan fingerprint density at radius 1 is 0.963 bits per heavy atom. The fourth-order valence-corrected chi connectivity index (χ4v) is 7.15. The predicted molar refractivity (Wildman–Crippen MR) is 214 cm³/mol. The van der Waals surface area contributed by atoms with Gasteiger partial charge in [-0.15, -0.1) is 12.4 Å². The molecule has 2 heterocycles. The number of para-hydroxylation sites is 1. The van der Waals surface area contributed by atoms with Crippen LogP contribution < -0.4 is 19.7 Å². The summed E-state index contributed by atoms with van der Waals surface area (Å²) in [6.07, 6.45) is 1.73. The van der Waals surface area contributed by atoms with Gasteiger partial charge in [-0.1, -0.05) is 74.8 Å². The summed E-state index contributed by atoms with van der Waals surface area (Å²) in [5.74, 6) is 0.238. The molecule has 2 amide bonds. The fraction of sp³-hybridized carbons (Fsp3) is 0.500. The largest absolute Gasteiger partial charge is 0.492 e. The van der Waals surface area contributed by atoms with E-state index >= 15 is 0 Å². The van der Waals surface area contributed by atoms with Crippen molar-refractivity contribution in [2.24, 2.45) is 5.41 Å². The summed E-state index contributed by atoms with van der Waals surface area (Å²) in [4.78, 5) is 43.2. The molecule has 2 aliphatic rings. The molecule has 1 N–H and O–H groups in total. The molecule has 0 saturated carbocycles. The minimum absolute atomic E-state index is 0. The van der Waals surface area contributed by atoms with Gasteiger partial charge in [0.05, 0.1) is 20.1 Å². The number of likely N-dealkylation sites (tertiary alicyclic amines) is 1. The van der Waals surface area contributed by atoms with E-state index in [4.69, 9.17) is 30.5 Å². The SMILES string of the molecule is COc1c(OCCCNCCCc2ccccc2)cccc1[C@@H]1O[C@@H](CC(=O)N2CCC(OC(C)=O)CC2)C(=O)N(CC(C)(C)C)c2ccc(Cl)cc21.Cl. The van der Waals surface area contributed by atoms with E-state index in [2.05, 4.69) is 50.4 Å². The van der Waals surface area contributed by atoms with Crippen LogP contribution in [0.4, 0.5) is 5.69 Å². The van der Waals surface area contributed by atoms with Crippen LogP contribution in [-0.2, 0) is 30.3 Å². The third kappa shape index (κ3) is 11.8. The van der Waals surface area contributed by atoms with Crippen LogP contribution in [0, 0.1) is 5.41 Å². The maximum absolute atomic E-state index is 14.5. The Hall–Kier alpha value is -3.83. The molecule has 2 aliphatic heterocycles. The molecule has 0 aliphatic carbocycles. The summed E-state index contributed by atoms with van der Waals surface area (Å²) < 4.78 is 24.4. The number of nitrogens with one attached hydrogen (secondary N) is 1. The van der Waals surface area contributed by atoms with Crippen LogP contribution in [0.15, 0.2) is 66.7 Å². The van der Waals surface area contributed by atoms with Crippen molar-refractivity contribution >= 4 is 47.5 Å². The number of piperidine rings is 1. The highest BCUT2D eigenvalue weighted by Crippen LogP contribution is 2.46. The predicted octanol–water partition coefficient (Wildman–Crippen LogP) is 7.57. The molecule has 54 heavy (non-hydrogen) atoms. The number of ether oxygens (including phenoxy) is 4. The zero-order valence-corrected chi connectivity index (χ0v) is 33.7. The molecule has 3 aromatic rings. The second kappa shape index (κ2) is 20.2. The number of rotatable bonds is 15. The lowest BCUT2D eigenvalue weighted by atomic mass is 9.94. The normalized spacial score (nSPS) is 17.6. The average molecular weight is 785 g/mol. The van der Waals surface area contributed by atoms with E-state index in [-0.39, 0.29) is 48.1 Å². The van der Waals surface area contributed by atoms with Crippen molar-refractivity contribution in [3.63, 3.8) is 0 Å². The van der Waals surface area contributed by atoms with Gasteiger partial charge in [-0.2, -0.15) is 0 Å². The van der Waals surface area contributed by atoms with Crippen LogP contribution in [0.2, 0.25) is 5.02 Å². The van der Waals surface area contributed by atoms with Gasteiger partial charge in [0.25, 0.3) is 5.91 Å². The lowest BCUT2D eigenvalue weighted by molar-refractivity contribution is -0.151. The number of carbonyl (C=O) groups excluding carboxylic acids is 3. The first-order chi connectivity index (χ1) is 25.4. The van der Waals surface area contributed by atoms with Crippen LogP contribution in [0.25, 0.3) is 0 Å². The number of anilines is 1. The lowest BCUT2D eigenvalue weighted by Crippen LogP contribution is -2.47. The first-order valence-electron chi connectivity index (χ1n) is 18.7. The van der Waals surface area contributed by atoms with E-state index in [0.717, 1.165) is 32.4 Å². The molecule has 0 unspecified atom stereocenters. The Morgan fingerprint density at radius 2 is 1.69 bits per heavy atom. The van der Waals surface area contributed by atoms with Crippen LogP contribution in [-0.4, -0.2) is 81.3 Å². The van der Waals surface area contributed by atoms with Crippen molar-refractivity contribution in [1.29, 1.82) is 0 Å². The van der Waals surface area contributed by atoms with Gasteiger partial charge in [-0.3, -0.25) is 14.4 Å². The van der Waals surface area contributed by atoms with Gasteiger partial charge in [-0.25, -0.2) is 0 Å². The van der Waals surface area contributed by atoms with Crippen molar-refractivity contribution < 1.29 is 33.3 Å². The molecule has 2 atom stereocenters. The average Bonchev–Trinajstić information content (AvgIpc) is 3.22. The van der Waals surface area contributed by atoms with E-state index in [0.29, 0.717) is 72.4 Å². The van der Waals surface area contributed by atoms with Crippen LogP contribution in [0.1, 0.15) is 82.6 Å². The molecule has 12 heteroatoms. The Kier molecular flexibility index (Phi) is 16.0. The summed E-state index contributed by atoms with van der Waals surface area (Å²) in [5, 5.41) is 4.00. The van der Waals surface area contributed by atoms with Crippen molar-refractivity contribution in [2.75, 3.05) is 51.3 Å². The Morgan fingerprint density at radius 3 is 2.37 bits per heavy atom. The monoisotopic (exact) mass is 783 g/mol. The number of benzene rings is 3. The number of halogens is 2. The van der Waals surface area contributed by atoms with Crippen LogP contribution in [0.5, 0.6) is 11.5 Å². The van der Waals surface area contributed by atoms with Crippen molar-refractivity contribution in [2.45, 2.75) is 84.5 Å². The standard InChI is InChI=1S/C42H54ClN3O7.ClH/c1-29(47)52-32-19-23-45(24-20-32)38(48)27-37-41(49)46(28-42(2,3)4)35-18-17-31(43)26-34(35)39(53-37)33-15-9-16-36(40(33)50-5)51-25-11-22-44-21-10-14-30-12-7-6-8-13-30;/h6-9,12-13,15-18,26,32,37,39,44H,10-11,14,19-25,27-28H2,1-5H3;1H/t37-,39-;/m0./s1. The second-order valence-corrected chi connectivity index (χ2v) is 15.4. The van der Waals surface area contributed by atoms with Gasteiger partial charge < -0.3 is 34.1 Å². The summed E-state index contributed by atoms with van der Waals surface area (Å²) in [5.41, 5.74) is 3.11. The number of esters is 1. The minimum atomic E-state index is -1.09. The molecule has 0 radical (unpaired) electrons. The Bertz CT molecular complexity index is 1690. The van der Waals surface area contributed by atoms with Gasteiger partial charge in [0.1, 0.15) is 18.3 Å². The topological polar surface area (TPSA) is 107 Å². The van der Waals surface area contributed by atoms with Crippen LogP contribution >= 0.6 is 24.0 Å². The number of fused-ring (bicyclic) bond motifs is 1. The molecule has 1 saturated heterocycles. The number of hydrogen-bond donors (Lipinski definition) is 1. The van der Waals surface area contributed by atoms with E-state index in [1.165, 1.54) is 12.5 Å². The summed E-state index contributed by atoms with van der Waals surface area (Å²) >= 11 is 6.62. The number of amides is 2. The highest BCUT2D eigenvalue weighted by Gasteiger charge is 2.41. The van der Waals surface area contributed by atoms with Crippen molar-refractivity contribution in [3.8, 4) is 11.5 Å². The fourth-order valence-electron chi connectivity index (χ4n) is 6.97. The minimum Gasteiger partial charge on any atom is -0.492 e. The zero-order valence-electron chi connectivity index (χ0n) is 32.1. The summed E-state index contributed by atoms with van der Waals surface area (Å²) in [6, 6.07) is 21.6. The number of aryl methyl sites for hydroxylation is 1. The summed E-state index contributed by atoms with van der Waals surface area (Å²) in [6.45, 7) is 11.1. The van der Waals surface area contributed by atoms with Crippen molar-refractivity contribution in [1.82, 2.24) is 10.2 Å². The first-order valence-corrected chi connectivity index (χ1v) is 19.1. The first kappa shape index (κ1) is 42.9. The van der Waals surface area contributed by atoms with E-state index in [1.807, 2.05) is 36.4 Å². The molecule has 10 nitrogen and oxygen atoms in total. The lowest BCUT2D eigenvalue weighted by Gasteiger charge is -2.33.